The first-order chi connectivity index (χ1) is 15.3. The molecule has 0 saturated carbocycles. The first-order valence-corrected chi connectivity index (χ1v) is 12.5. The Morgan fingerprint density at radius 2 is 1.62 bits per heavy atom. The molecule has 0 aliphatic rings. The molecule has 0 fully saturated rings. The number of ether oxygens (including phenoxy) is 1. The van der Waals surface area contributed by atoms with Crippen molar-refractivity contribution in [3.8, 4) is 26.6 Å². The van der Waals surface area contributed by atoms with Crippen LogP contribution in [0.3, 0.4) is 0 Å². The average Bonchev–Trinajstić information content (AvgIpc) is 3.27. The van der Waals surface area contributed by atoms with Crippen LogP contribution in [-0.4, -0.2) is 30.6 Å². The lowest BCUT2D eigenvalue weighted by molar-refractivity contribution is -0.696. The SMILES string of the molecule is C=C(CCCOc1ccc(-c2ccc(-c3cc[n+](CCCS(=O)(=O)[O-])cc3)s2)cc1)OO. The predicted molar refractivity (Wildman–Crippen MR) is 122 cm³/mol. The minimum Gasteiger partial charge on any atom is -0.748 e. The molecule has 0 saturated heterocycles. The van der Waals surface area contributed by atoms with E-state index in [9.17, 15) is 13.0 Å². The van der Waals surface area contributed by atoms with Gasteiger partial charge in [-0.2, -0.15) is 0 Å². The molecule has 3 rings (SSSR count). The number of aryl methyl sites for hydroxylation is 1. The van der Waals surface area contributed by atoms with Crippen molar-refractivity contribution < 1.29 is 32.4 Å². The molecule has 0 radical (unpaired) electrons. The highest BCUT2D eigenvalue weighted by Crippen LogP contribution is 2.34. The fourth-order valence-electron chi connectivity index (χ4n) is 3.06. The number of aromatic nitrogens is 1. The summed E-state index contributed by atoms with van der Waals surface area (Å²) >= 11 is 1.68. The summed E-state index contributed by atoms with van der Waals surface area (Å²) in [6.07, 6.45) is 5.31. The number of nitrogens with zero attached hydrogens (tertiary/aromatic N) is 1. The lowest BCUT2D eigenvalue weighted by atomic mass is 10.2. The predicted octanol–water partition coefficient (Wildman–Crippen LogP) is 4.47. The van der Waals surface area contributed by atoms with E-state index in [0.29, 0.717) is 38.2 Å². The van der Waals surface area contributed by atoms with Crippen molar-refractivity contribution in [3.05, 3.63) is 73.3 Å². The van der Waals surface area contributed by atoms with Crippen LogP contribution in [0.15, 0.2) is 73.3 Å². The molecule has 2 aromatic heterocycles. The summed E-state index contributed by atoms with van der Waals surface area (Å²) in [6, 6.07) is 16.0. The van der Waals surface area contributed by atoms with Gasteiger partial charge in [0.1, 0.15) is 18.1 Å². The number of hydrogen-bond acceptors (Lipinski definition) is 7. The third-order valence-corrected chi connectivity index (χ3v) is 6.70. The Balaban J connectivity index is 1.55. The molecular weight excluding hydrogens is 450 g/mol. The van der Waals surface area contributed by atoms with E-state index < -0.39 is 10.1 Å². The van der Waals surface area contributed by atoms with Crippen LogP contribution in [0.2, 0.25) is 0 Å². The number of benzene rings is 1. The third-order valence-electron chi connectivity index (χ3n) is 4.73. The summed E-state index contributed by atoms with van der Waals surface area (Å²) in [6.45, 7) is 4.54. The Labute approximate surface area is 191 Å². The molecule has 32 heavy (non-hydrogen) atoms. The summed E-state index contributed by atoms with van der Waals surface area (Å²) in [5, 5.41) is 8.46. The van der Waals surface area contributed by atoms with Crippen molar-refractivity contribution in [3.63, 3.8) is 0 Å². The first-order valence-electron chi connectivity index (χ1n) is 10.1. The van der Waals surface area contributed by atoms with E-state index in [1.807, 2.05) is 53.4 Å². The molecule has 3 aromatic rings. The first kappa shape index (κ1) is 23.9. The smallest absolute Gasteiger partial charge is 0.169 e. The van der Waals surface area contributed by atoms with Crippen LogP contribution >= 0.6 is 11.3 Å². The monoisotopic (exact) mass is 475 g/mol. The van der Waals surface area contributed by atoms with Crippen molar-refractivity contribution in [2.45, 2.75) is 25.8 Å². The summed E-state index contributed by atoms with van der Waals surface area (Å²) in [5.74, 6) is 0.743. The van der Waals surface area contributed by atoms with E-state index in [1.165, 1.54) is 0 Å². The Kier molecular flexibility index (Phi) is 8.40. The zero-order valence-electron chi connectivity index (χ0n) is 17.5. The molecule has 0 bridgehead atoms. The van der Waals surface area contributed by atoms with E-state index >= 15 is 0 Å². The molecule has 0 aliphatic heterocycles. The number of rotatable bonds is 12. The van der Waals surface area contributed by atoms with Crippen LogP contribution in [0.4, 0.5) is 0 Å². The van der Waals surface area contributed by atoms with Gasteiger partial charge in [-0.15, -0.1) is 11.3 Å². The molecule has 0 amide bonds. The van der Waals surface area contributed by atoms with Gasteiger partial charge in [-0.3, -0.25) is 0 Å². The molecule has 0 spiro atoms. The Morgan fingerprint density at radius 3 is 2.22 bits per heavy atom. The van der Waals surface area contributed by atoms with Crippen molar-refractivity contribution in [2.24, 2.45) is 0 Å². The number of pyridine rings is 1. The molecular formula is C23H25NO6S2. The molecule has 170 valence electrons. The maximum absolute atomic E-state index is 10.7. The van der Waals surface area contributed by atoms with Crippen molar-refractivity contribution >= 4 is 21.5 Å². The van der Waals surface area contributed by atoms with Gasteiger partial charge in [0.25, 0.3) is 0 Å². The lowest BCUT2D eigenvalue weighted by Gasteiger charge is -2.07. The molecule has 0 unspecified atom stereocenters. The van der Waals surface area contributed by atoms with Crippen LogP contribution < -0.4 is 9.30 Å². The fraction of sp³-hybridized carbons (Fsp3) is 0.261. The maximum atomic E-state index is 10.7. The molecule has 7 nitrogen and oxygen atoms in total. The van der Waals surface area contributed by atoms with Crippen LogP contribution in [-0.2, 0) is 21.6 Å². The van der Waals surface area contributed by atoms with Crippen molar-refractivity contribution in [1.82, 2.24) is 0 Å². The Bertz CT molecular complexity index is 1120. The van der Waals surface area contributed by atoms with Gasteiger partial charge in [0.15, 0.2) is 12.4 Å². The van der Waals surface area contributed by atoms with Crippen molar-refractivity contribution in [1.29, 1.82) is 0 Å². The van der Waals surface area contributed by atoms with Gasteiger partial charge in [-0.1, -0.05) is 6.58 Å². The quantitative estimate of drug-likeness (QED) is 0.104. The normalized spacial score (nSPS) is 11.3. The van der Waals surface area contributed by atoms with Crippen LogP contribution in [0.5, 0.6) is 5.75 Å². The lowest BCUT2D eigenvalue weighted by Crippen LogP contribution is -2.33. The molecule has 0 aliphatic carbocycles. The molecule has 2 heterocycles. The van der Waals surface area contributed by atoms with Gasteiger partial charge in [-0.25, -0.2) is 18.2 Å². The van der Waals surface area contributed by atoms with E-state index in [0.717, 1.165) is 26.6 Å². The van der Waals surface area contributed by atoms with E-state index in [1.54, 1.807) is 11.3 Å². The molecule has 9 heteroatoms. The zero-order chi connectivity index (χ0) is 23.0. The van der Waals surface area contributed by atoms with Crippen molar-refractivity contribution in [2.75, 3.05) is 12.4 Å². The van der Waals surface area contributed by atoms with Crippen LogP contribution in [0, 0.1) is 0 Å². The summed E-state index contributed by atoms with van der Waals surface area (Å²) in [4.78, 5) is 6.32. The van der Waals surface area contributed by atoms with Gasteiger partial charge in [-0.05, 0) is 48.4 Å². The summed E-state index contributed by atoms with van der Waals surface area (Å²) in [7, 11) is -4.17. The summed E-state index contributed by atoms with van der Waals surface area (Å²) < 4.78 is 39.7. The summed E-state index contributed by atoms with van der Waals surface area (Å²) in [5.41, 5.74) is 2.17. The fourth-order valence-corrected chi connectivity index (χ4v) is 4.56. The van der Waals surface area contributed by atoms with Crippen LogP contribution in [0.1, 0.15) is 19.3 Å². The third kappa shape index (κ3) is 7.45. The Hall–Kier alpha value is -2.72. The highest BCUT2D eigenvalue weighted by Gasteiger charge is 2.08. The van der Waals surface area contributed by atoms with E-state index in [2.05, 4.69) is 23.6 Å². The number of hydrogen-bond donors (Lipinski definition) is 1. The van der Waals surface area contributed by atoms with Gasteiger partial charge in [0, 0.05) is 46.0 Å². The van der Waals surface area contributed by atoms with Gasteiger partial charge >= 0.3 is 0 Å². The molecule has 0 atom stereocenters. The second kappa shape index (κ2) is 11.2. The largest absolute Gasteiger partial charge is 0.748 e. The number of thiophene rings is 1. The average molecular weight is 476 g/mol. The topological polar surface area (TPSA) is 99.8 Å². The van der Waals surface area contributed by atoms with E-state index in [-0.39, 0.29) is 5.75 Å². The number of allylic oxidation sites excluding steroid dienone is 1. The highest BCUT2D eigenvalue weighted by molar-refractivity contribution is 7.85. The maximum Gasteiger partial charge on any atom is 0.169 e. The van der Waals surface area contributed by atoms with Gasteiger partial charge in [0.2, 0.25) is 0 Å². The minimum atomic E-state index is -4.17. The van der Waals surface area contributed by atoms with Gasteiger partial charge < -0.3 is 14.2 Å². The molecule has 1 aromatic carbocycles. The standard InChI is InChI=1S/C23H25NO6S2/c1-18(30-25)4-2-16-29-21-7-5-19(6-8-21)22-9-10-23(31-22)20-11-14-24(15-12-20)13-3-17-32(26,27)28/h5-12,14-15H,1-4,13,16-17H2,(H-,25,26,27,28). The van der Waals surface area contributed by atoms with Gasteiger partial charge in [0.05, 0.1) is 16.7 Å². The second-order valence-electron chi connectivity index (χ2n) is 7.21. The Morgan fingerprint density at radius 1 is 1.00 bits per heavy atom. The van der Waals surface area contributed by atoms with Crippen LogP contribution in [0.25, 0.3) is 20.9 Å². The zero-order valence-corrected chi connectivity index (χ0v) is 19.1. The minimum absolute atomic E-state index is 0.297. The highest BCUT2D eigenvalue weighted by atomic mass is 32.2. The van der Waals surface area contributed by atoms with E-state index in [4.69, 9.17) is 9.99 Å². The second-order valence-corrected chi connectivity index (χ2v) is 9.82. The molecule has 1 N–H and O–H groups in total.